The van der Waals surface area contributed by atoms with Crippen LogP contribution in [0.25, 0.3) is 0 Å². The van der Waals surface area contributed by atoms with E-state index in [0.29, 0.717) is 24.9 Å². The van der Waals surface area contributed by atoms with E-state index < -0.39 is 33.9 Å². The highest BCUT2D eigenvalue weighted by Gasteiger charge is 2.30. The van der Waals surface area contributed by atoms with Crippen molar-refractivity contribution in [3.8, 4) is 0 Å². The average molecular weight is 408 g/mol. The lowest BCUT2D eigenvalue weighted by Crippen LogP contribution is -2.42. The molecule has 9 heteroatoms. The molecule has 2 saturated heterocycles. The number of likely N-dealkylation sites (tertiary alicyclic amines) is 1. The maximum atomic E-state index is 12.2. The highest BCUT2D eigenvalue weighted by Crippen LogP contribution is 2.16. The summed E-state index contributed by atoms with van der Waals surface area (Å²) in [5.41, 5.74) is 1.22. The fourth-order valence-electron chi connectivity index (χ4n) is 3.35. The maximum absolute atomic E-state index is 12.2. The molecule has 0 bridgehead atoms. The van der Waals surface area contributed by atoms with Gasteiger partial charge in [-0.2, -0.15) is 0 Å². The fourth-order valence-corrected chi connectivity index (χ4v) is 5.02. The van der Waals surface area contributed by atoms with Crippen LogP contribution in [0.5, 0.6) is 0 Å². The Morgan fingerprint density at radius 2 is 2.00 bits per heavy atom. The number of benzene rings is 1. The van der Waals surface area contributed by atoms with Gasteiger partial charge in [0.05, 0.1) is 17.1 Å². The normalized spacial score (nSPS) is 22.1. The summed E-state index contributed by atoms with van der Waals surface area (Å²) in [6, 6.07) is 6.29. The van der Waals surface area contributed by atoms with Crippen LogP contribution < -0.4 is 5.32 Å². The third-order valence-corrected chi connectivity index (χ3v) is 6.73. The van der Waals surface area contributed by atoms with Crippen LogP contribution in [-0.2, 0) is 30.7 Å². The van der Waals surface area contributed by atoms with Gasteiger partial charge in [-0.05, 0) is 37.5 Å². The Balaban J connectivity index is 1.50. The maximum Gasteiger partial charge on any atom is 0.338 e. The number of carbonyl (C=O) groups excluding carboxylic acids is 3. The van der Waals surface area contributed by atoms with Crippen molar-refractivity contribution in [2.24, 2.45) is 0 Å². The average Bonchev–Trinajstić information content (AvgIpc) is 3.20. The Morgan fingerprint density at radius 3 is 2.57 bits per heavy atom. The van der Waals surface area contributed by atoms with E-state index in [1.54, 1.807) is 29.2 Å². The minimum absolute atomic E-state index is 0.0570. The largest absolute Gasteiger partial charge is 0.449 e. The van der Waals surface area contributed by atoms with Crippen molar-refractivity contribution in [1.82, 2.24) is 10.2 Å². The molecule has 2 atom stereocenters. The van der Waals surface area contributed by atoms with Gasteiger partial charge < -0.3 is 15.0 Å². The quantitative estimate of drug-likeness (QED) is 0.693. The summed E-state index contributed by atoms with van der Waals surface area (Å²) in [6.45, 7) is 2.71. The van der Waals surface area contributed by atoms with Gasteiger partial charge in [0.15, 0.2) is 15.9 Å². The topological polar surface area (TPSA) is 110 Å². The monoisotopic (exact) mass is 408 g/mol. The van der Waals surface area contributed by atoms with Crippen molar-refractivity contribution in [3.63, 3.8) is 0 Å². The Morgan fingerprint density at radius 1 is 1.29 bits per heavy atom. The molecule has 2 fully saturated rings. The molecule has 3 rings (SSSR count). The van der Waals surface area contributed by atoms with E-state index in [9.17, 15) is 22.8 Å². The number of ether oxygens (including phenoxy) is 1. The Hall–Kier alpha value is -2.42. The van der Waals surface area contributed by atoms with Gasteiger partial charge in [-0.3, -0.25) is 9.59 Å². The van der Waals surface area contributed by atoms with Crippen molar-refractivity contribution in [1.29, 1.82) is 0 Å². The molecule has 0 radical (unpaired) electrons. The summed E-state index contributed by atoms with van der Waals surface area (Å²) >= 11 is 0. The van der Waals surface area contributed by atoms with Gasteiger partial charge >= 0.3 is 5.97 Å². The second-order valence-electron chi connectivity index (χ2n) is 7.27. The highest BCUT2D eigenvalue weighted by atomic mass is 32.2. The molecule has 0 aliphatic carbocycles. The number of esters is 1. The summed E-state index contributed by atoms with van der Waals surface area (Å²) in [5.74, 6) is -1.04. The third-order valence-electron chi connectivity index (χ3n) is 4.97. The van der Waals surface area contributed by atoms with Crippen LogP contribution in [-0.4, -0.2) is 61.3 Å². The second-order valence-corrected chi connectivity index (χ2v) is 9.50. The first-order chi connectivity index (χ1) is 13.2. The van der Waals surface area contributed by atoms with Crippen LogP contribution in [0.4, 0.5) is 0 Å². The first kappa shape index (κ1) is 20.3. The zero-order valence-corrected chi connectivity index (χ0v) is 16.5. The fraction of sp³-hybridized carbons (Fsp3) is 0.526. The second kappa shape index (κ2) is 8.30. The molecule has 1 aromatic rings. The van der Waals surface area contributed by atoms with E-state index in [4.69, 9.17) is 4.74 Å². The van der Waals surface area contributed by atoms with E-state index in [1.165, 1.54) is 6.92 Å². The minimum atomic E-state index is -3.10. The number of nitrogens with zero attached hydrogens (tertiary/aromatic N) is 1. The number of amides is 2. The van der Waals surface area contributed by atoms with Crippen molar-refractivity contribution in [2.75, 3.05) is 18.1 Å². The van der Waals surface area contributed by atoms with Gasteiger partial charge in [-0.1, -0.05) is 12.1 Å². The number of nitrogens with one attached hydrogen (secondary N) is 1. The van der Waals surface area contributed by atoms with Crippen LogP contribution in [0.15, 0.2) is 24.3 Å². The SMILES string of the molecule is C[C@H](OC(=O)c1ccc(CN2CCCC2=O)cc1)C(=O)N[C@@H]1CCS(=O)(=O)C1. The van der Waals surface area contributed by atoms with Crippen LogP contribution in [0.2, 0.25) is 0 Å². The van der Waals surface area contributed by atoms with E-state index in [2.05, 4.69) is 5.32 Å². The van der Waals surface area contributed by atoms with Crippen LogP contribution >= 0.6 is 0 Å². The predicted octanol–water partition coefficient (Wildman–Crippen LogP) is 0.658. The Kier molecular flexibility index (Phi) is 6.02. The summed E-state index contributed by atoms with van der Waals surface area (Å²) in [7, 11) is -3.10. The van der Waals surface area contributed by atoms with Crippen LogP contribution in [0.3, 0.4) is 0 Å². The third kappa shape index (κ3) is 5.09. The molecular weight excluding hydrogens is 384 g/mol. The molecule has 2 aliphatic heterocycles. The minimum Gasteiger partial charge on any atom is -0.449 e. The molecule has 152 valence electrons. The van der Waals surface area contributed by atoms with Gasteiger partial charge in [-0.25, -0.2) is 13.2 Å². The van der Waals surface area contributed by atoms with Crippen LogP contribution in [0.1, 0.15) is 42.1 Å². The lowest BCUT2D eigenvalue weighted by atomic mass is 10.1. The lowest BCUT2D eigenvalue weighted by molar-refractivity contribution is -0.129. The molecule has 28 heavy (non-hydrogen) atoms. The molecule has 2 aliphatic rings. The molecule has 2 amide bonds. The van der Waals surface area contributed by atoms with Crippen LogP contribution in [0, 0.1) is 0 Å². The Labute approximate surface area is 164 Å². The first-order valence-electron chi connectivity index (χ1n) is 9.32. The number of hydrogen-bond acceptors (Lipinski definition) is 6. The predicted molar refractivity (Wildman–Crippen MR) is 101 cm³/mol. The van der Waals surface area contributed by atoms with E-state index >= 15 is 0 Å². The summed E-state index contributed by atoms with van der Waals surface area (Å²) in [4.78, 5) is 37.8. The molecular formula is C19H24N2O6S. The number of sulfone groups is 1. The van der Waals surface area contributed by atoms with Gasteiger partial charge in [0.2, 0.25) is 5.91 Å². The van der Waals surface area contributed by atoms with E-state index in [0.717, 1.165) is 18.5 Å². The smallest absolute Gasteiger partial charge is 0.338 e. The number of rotatable bonds is 6. The molecule has 1 aromatic carbocycles. The van der Waals surface area contributed by atoms with Gasteiger partial charge in [0.1, 0.15) is 0 Å². The molecule has 2 heterocycles. The van der Waals surface area contributed by atoms with E-state index in [1.807, 2.05) is 0 Å². The summed E-state index contributed by atoms with van der Waals surface area (Å²) < 4.78 is 28.1. The van der Waals surface area contributed by atoms with Crippen molar-refractivity contribution >= 4 is 27.6 Å². The van der Waals surface area contributed by atoms with E-state index in [-0.39, 0.29) is 17.4 Å². The lowest BCUT2D eigenvalue weighted by Gasteiger charge is -2.17. The van der Waals surface area contributed by atoms with Crippen molar-refractivity contribution < 1.29 is 27.5 Å². The number of carbonyl (C=O) groups is 3. The van der Waals surface area contributed by atoms with Crippen molar-refractivity contribution in [3.05, 3.63) is 35.4 Å². The zero-order valence-electron chi connectivity index (χ0n) is 15.7. The molecule has 8 nitrogen and oxygen atoms in total. The summed E-state index contributed by atoms with van der Waals surface area (Å²) in [6.07, 6.45) is 0.792. The molecule has 0 aromatic heterocycles. The standard InChI is InChI=1S/C19H24N2O6S/c1-13(18(23)20-16-8-10-28(25,26)12-16)27-19(24)15-6-4-14(5-7-15)11-21-9-2-3-17(21)22/h4-7,13,16H,2-3,8-12H2,1H3,(H,20,23)/t13-,16+/m0/s1. The molecule has 0 unspecified atom stereocenters. The number of hydrogen-bond donors (Lipinski definition) is 1. The van der Waals surface area contributed by atoms with Gasteiger partial charge in [0.25, 0.3) is 5.91 Å². The van der Waals surface area contributed by atoms with Crippen molar-refractivity contribution in [2.45, 2.75) is 44.9 Å². The highest BCUT2D eigenvalue weighted by molar-refractivity contribution is 7.91. The molecule has 1 N–H and O–H groups in total. The first-order valence-corrected chi connectivity index (χ1v) is 11.1. The summed E-state index contributed by atoms with van der Waals surface area (Å²) in [5, 5.41) is 2.61. The van der Waals surface area contributed by atoms with Gasteiger partial charge in [0, 0.05) is 25.6 Å². The molecule has 0 saturated carbocycles. The zero-order chi connectivity index (χ0) is 20.3. The molecule has 0 spiro atoms. The Bertz CT molecular complexity index is 865. The van der Waals surface area contributed by atoms with Gasteiger partial charge in [-0.15, -0.1) is 0 Å².